The zero-order valence-corrected chi connectivity index (χ0v) is 17.7. The number of allylic oxidation sites excluding steroid dienone is 4. The number of hydrogen-bond donors (Lipinski definition) is 4. The molecule has 0 radical (unpaired) electrons. The van der Waals surface area contributed by atoms with Crippen LogP contribution in [0.4, 0.5) is 0 Å². The number of nitrogens with zero attached hydrogens (tertiary/aromatic N) is 2. The van der Waals surface area contributed by atoms with E-state index in [4.69, 9.17) is 22.9 Å². The maximum absolute atomic E-state index is 6.35. The second-order valence-corrected chi connectivity index (χ2v) is 9.72. The van der Waals surface area contributed by atoms with Gasteiger partial charge >= 0.3 is 0 Å². The quantitative estimate of drug-likeness (QED) is 0.624. The summed E-state index contributed by atoms with van der Waals surface area (Å²) in [6.45, 7) is 12.7. The minimum atomic E-state index is -0.161. The molecule has 0 fully saturated rings. The first-order valence-corrected chi connectivity index (χ1v) is 9.59. The van der Waals surface area contributed by atoms with Crippen LogP contribution in [-0.2, 0) is 0 Å². The SMILES string of the molecule is CC(C)(C)C1=CC(c2cc(C3C=C(C(C)(C)C)C(N)=C3N)ncn2)C(N)=C1N. The Morgan fingerprint density at radius 1 is 0.679 bits per heavy atom. The molecule has 1 aromatic heterocycles. The van der Waals surface area contributed by atoms with E-state index in [-0.39, 0.29) is 22.7 Å². The standard InChI is InChI=1S/C22H32N6/c1-21(2,3)13-7-11(17(23)19(13)25)15-9-16(28-10-27-15)12-8-14(22(4,5)6)20(26)18(12)24/h7-12H,23-26H2,1-6H3. The van der Waals surface area contributed by atoms with Gasteiger partial charge in [0.05, 0.1) is 34.6 Å². The molecule has 0 spiro atoms. The van der Waals surface area contributed by atoms with Crippen LogP contribution in [0.5, 0.6) is 0 Å². The van der Waals surface area contributed by atoms with Gasteiger partial charge in [-0.2, -0.15) is 0 Å². The zero-order valence-electron chi connectivity index (χ0n) is 17.7. The fourth-order valence-electron chi connectivity index (χ4n) is 3.86. The van der Waals surface area contributed by atoms with Crippen LogP contribution in [0.25, 0.3) is 0 Å². The summed E-state index contributed by atoms with van der Waals surface area (Å²) in [5.74, 6) is -0.322. The van der Waals surface area contributed by atoms with Gasteiger partial charge < -0.3 is 22.9 Å². The Morgan fingerprint density at radius 3 is 1.32 bits per heavy atom. The molecule has 6 heteroatoms. The van der Waals surface area contributed by atoms with E-state index < -0.39 is 0 Å². The largest absolute Gasteiger partial charge is 0.400 e. The van der Waals surface area contributed by atoms with Gasteiger partial charge in [0.2, 0.25) is 0 Å². The molecule has 2 aliphatic rings. The van der Waals surface area contributed by atoms with Crippen molar-refractivity contribution < 1.29 is 0 Å². The highest BCUT2D eigenvalue weighted by atomic mass is 14.9. The normalized spacial score (nSPS) is 23.4. The van der Waals surface area contributed by atoms with Crippen molar-refractivity contribution in [1.29, 1.82) is 0 Å². The molecule has 2 aliphatic carbocycles. The Kier molecular flexibility index (Phi) is 4.57. The highest BCUT2D eigenvalue weighted by Crippen LogP contribution is 2.43. The van der Waals surface area contributed by atoms with Crippen LogP contribution in [0.3, 0.4) is 0 Å². The summed E-state index contributed by atoms with van der Waals surface area (Å²) in [4.78, 5) is 8.94. The Morgan fingerprint density at radius 2 is 1.04 bits per heavy atom. The lowest BCUT2D eigenvalue weighted by Gasteiger charge is -2.21. The lowest BCUT2D eigenvalue weighted by molar-refractivity contribution is 0.509. The average molecular weight is 381 g/mol. The van der Waals surface area contributed by atoms with Crippen LogP contribution >= 0.6 is 0 Å². The monoisotopic (exact) mass is 380 g/mol. The molecule has 8 N–H and O–H groups in total. The molecule has 150 valence electrons. The summed E-state index contributed by atoms with van der Waals surface area (Å²) in [6, 6.07) is 1.96. The van der Waals surface area contributed by atoms with Crippen LogP contribution in [0.2, 0.25) is 0 Å². The Bertz CT molecular complexity index is 861. The van der Waals surface area contributed by atoms with Gasteiger partial charge in [-0.05, 0) is 28.0 Å². The van der Waals surface area contributed by atoms with Crippen LogP contribution in [0.1, 0.15) is 64.8 Å². The van der Waals surface area contributed by atoms with Gasteiger partial charge in [-0.15, -0.1) is 0 Å². The van der Waals surface area contributed by atoms with E-state index in [9.17, 15) is 0 Å². The van der Waals surface area contributed by atoms with E-state index in [1.165, 1.54) is 0 Å². The smallest absolute Gasteiger partial charge is 0.116 e. The first-order valence-electron chi connectivity index (χ1n) is 9.59. The molecule has 28 heavy (non-hydrogen) atoms. The van der Waals surface area contributed by atoms with E-state index in [2.05, 4.69) is 63.7 Å². The second kappa shape index (κ2) is 6.40. The molecule has 0 aromatic carbocycles. The fraction of sp³-hybridized carbons (Fsp3) is 0.455. The van der Waals surface area contributed by atoms with Crippen molar-refractivity contribution in [3.63, 3.8) is 0 Å². The van der Waals surface area contributed by atoms with Crippen molar-refractivity contribution in [3.05, 3.63) is 69.9 Å². The molecular formula is C22H32N6. The molecular weight excluding hydrogens is 348 g/mol. The van der Waals surface area contributed by atoms with E-state index in [0.717, 1.165) is 22.5 Å². The average Bonchev–Trinajstić information content (AvgIpc) is 3.05. The first-order chi connectivity index (χ1) is 12.8. The predicted octanol–water partition coefficient (Wildman–Crippen LogP) is 2.87. The van der Waals surface area contributed by atoms with Gasteiger partial charge in [-0.1, -0.05) is 53.7 Å². The molecule has 0 aliphatic heterocycles. The molecule has 0 saturated heterocycles. The fourth-order valence-corrected chi connectivity index (χ4v) is 3.86. The minimum absolute atomic E-state index is 0.0866. The summed E-state index contributed by atoms with van der Waals surface area (Å²) < 4.78 is 0. The number of nitrogens with two attached hydrogens (primary N) is 4. The maximum Gasteiger partial charge on any atom is 0.116 e. The van der Waals surface area contributed by atoms with E-state index in [1.807, 2.05) is 6.07 Å². The molecule has 1 aromatic rings. The highest BCUT2D eigenvalue weighted by Gasteiger charge is 2.34. The van der Waals surface area contributed by atoms with Crippen molar-refractivity contribution in [3.8, 4) is 0 Å². The predicted molar refractivity (Wildman–Crippen MR) is 113 cm³/mol. The summed E-state index contributed by atoms with van der Waals surface area (Å²) in [5, 5.41) is 0. The van der Waals surface area contributed by atoms with E-state index in [0.29, 0.717) is 22.8 Å². The zero-order chi connectivity index (χ0) is 21.0. The molecule has 3 rings (SSSR count). The molecule has 0 saturated carbocycles. The lowest BCUT2D eigenvalue weighted by atomic mass is 9.85. The van der Waals surface area contributed by atoms with E-state index >= 15 is 0 Å². The summed E-state index contributed by atoms with van der Waals surface area (Å²) in [6.07, 6.45) is 5.77. The molecule has 1 heterocycles. The third-order valence-corrected chi connectivity index (χ3v) is 5.50. The molecule has 2 unspecified atom stereocenters. The second-order valence-electron chi connectivity index (χ2n) is 9.72. The van der Waals surface area contributed by atoms with Gasteiger partial charge in [0, 0.05) is 11.4 Å². The molecule has 0 amide bonds. The molecule has 6 nitrogen and oxygen atoms in total. The number of rotatable bonds is 2. The van der Waals surface area contributed by atoms with Gasteiger partial charge in [0.1, 0.15) is 6.33 Å². The topological polar surface area (TPSA) is 130 Å². The third-order valence-electron chi connectivity index (χ3n) is 5.50. The van der Waals surface area contributed by atoms with Crippen LogP contribution in [0.15, 0.2) is 58.5 Å². The third kappa shape index (κ3) is 3.28. The van der Waals surface area contributed by atoms with Crippen LogP contribution in [-0.4, -0.2) is 9.97 Å². The van der Waals surface area contributed by atoms with Crippen molar-refractivity contribution >= 4 is 0 Å². The highest BCUT2D eigenvalue weighted by molar-refractivity contribution is 5.52. The van der Waals surface area contributed by atoms with Gasteiger partial charge in [0.25, 0.3) is 0 Å². The van der Waals surface area contributed by atoms with Gasteiger partial charge in [0.15, 0.2) is 0 Å². The van der Waals surface area contributed by atoms with Crippen molar-refractivity contribution in [2.45, 2.75) is 53.4 Å². The van der Waals surface area contributed by atoms with Gasteiger partial charge in [-0.3, -0.25) is 0 Å². The summed E-state index contributed by atoms with van der Waals surface area (Å²) >= 11 is 0. The van der Waals surface area contributed by atoms with E-state index in [1.54, 1.807) is 6.33 Å². The van der Waals surface area contributed by atoms with Crippen LogP contribution < -0.4 is 22.9 Å². The van der Waals surface area contributed by atoms with Crippen molar-refractivity contribution in [2.24, 2.45) is 33.8 Å². The molecule has 0 bridgehead atoms. The summed E-state index contributed by atoms with van der Waals surface area (Å²) in [5.41, 5.74) is 31.4. The Labute approximate surface area is 167 Å². The minimum Gasteiger partial charge on any atom is -0.400 e. The Hall–Kier alpha value is -2.76. The van der Waals surface area contributed by atoms with Crippen LogP contribution in [0, 0.1) is 10.8 Å². The molecule has 2 atom stereocenters. The number of aromatic nitrogens is 2. The Balaban J connectivity index is 2.02. The van der Waals surface area contributed by atoms with Crippen molar-refractivity contribution in [1.82, 2.24) is 9.97 Å². The summed E-state index contributed by atoms with van der Waals surface area (Å²) in [7, 11) is 0. The van der Waals surface area contributed by atoms with Gasteiger partial charge in [-0.25, -0.2) is 9.97 Å². The maximum atomic E-state index is 6.35. The number of hydrogen-bond acceptors (Lipinski definition) is 6. The first kappa shape index (κ1) is 20.0. The lowest BCUT2D eigenvalue weighted by Crippen LogP contribution is -2.17. The van der Waals surface area contributed by atoms with Crippen molar-refractivity contribution in [2.75, 3.05) is 0 Å².